The van der Waals surface area contributed by atoms with E-state index in [0.29, 0.717) is 24.8 Å². The topological polar surface area (TPSA) is 104 Å². The first-order valence-corrected chi connectivity index (χ1v) is 6.66. The highest BCUT2D eigenvalue weighted by atomic mass is 16.4. The van der Waals surface area contributed by atoms with Gasteiger partial charge in [-0.1, -0.05) is 0 Å². The summed E-state index contributed by atoms with van der Waals surface area (Å²) in [5, 5.41) is 17.5. The largest absolute Gasteiger partial charge is 0.481 e. The third-order valence-corrected chi connectivity index (χ3v) is 3.50. The van der Waals surface area contributed by atoms with Crippen molar-refractivity contribution in [3.05, 3.63) is 17.8 Å². The Bertz CT molecular complexity index is 485. The van der Waals surface area contributed by atoms with Gasteiger partial charge in [0.05, 0.1) is 6.54 Å². The van der Waals surface area contributed by atoms with Crippen molar-refractivity contribution in [2.24, 2.45) is 5.92 Å². The van der Waals surface area contributed by atoms with E-state index in [0.717, 1.165) is 32.2 Å². The Morgan fingerprint density at radius 3 is 2.90 bits per heavy atom. The van der Waals surface area contributed by atoms with Gasteiger partial charge in [0.2, 0.25) is 5.89 Å². The summed E-state index contributed by atoms with van der Waals surface area (Å²) in [6.45, 7) is 2.17. The molecule has 0 bridgehead atoms. The fraction of sp³-hybridized carbons (Fsp3) is 0.615. The van der Waals surface area contributed by atoms with Crippen LogP contribution in [0.15, 0.2) is 10.7 Å². The summed E-state index contributed by atoms with van der Waals surface area (Å²) in [5.41, 5.74) is -0.0839. The van der Waals surface area contributed by atoms with Crippen LogP contribution in [0.1, 0.15) is 42.1 Å². The van der Waals surface area contributed by atoms with Crippen molar-refractivity contribution in [3.8, 4) is 0 Å². The Kier molecular flexibility index (Phi) is 4.73. The summed E-state index contributed by atoms with van der Waals surface area (Å²) in [5.74, 6) is -1.10. The molecule has 0 radical (unpaired) electrons. The summed E-state index contributed by atoms with van der Waals surface area (Å²) in [7, 11) is 0. The maximum absolute atomic E-state index is 10.7. The quantitative estimate of drug-likeness (QED) is 0.813. The van der Waals surface area contributed by atoms with E-state index in [9.17, 15) is 9.59 Å². The van der Waals surface area contributed by atoms with Crippen LogP contribution in [0.4, 0.5) is 0 Å². The second-order valence-electron chi connectivity index (χ2n) is 5.11. The van der Waals surface area contributed by atoms with Gasteiger partial charge in [-0.2, -0.15) is 0 Å². The van der Waals surface area contributed by atoms with Crippen LogP contribution in [0.2, 0.25) is 0 Å². The summed E-state index contributed by atoms with van der Waals surface area (Å²) < 4.78 is 5.13. The number of aliphatic carboxylic acids is 1. The van der Waals surface area contributed by atoms with Gasteiger partial charge in [0.25, 0.3) is 0 Å². The van der Waals surface area contributed by atoms with Crippen molar-refractivity contribution in [1.82, 2.24) is 9.88 Å². The smallest absolute Gasteiger partial charge is 0.357 e. The molecule has 1 saturated heterocycles. The number of carboxylic acids is 2. The Morgan fingerprint density at radius 2 is 2.25 bits per heavy atom. The zero-order valence-corrected chi connectivity index (χ0v) is 11.1. The summed E-state index contributed by atoms with van der Waals surface area (Å²) in [4.78, 5) is 27.3. The fourth-order valence-electron chi connectivity index (χ4n) is 2.53. The molecule has 0 amide bonds. The SMILES string of the molecule is O=C(O)CC[C@H]1CCCN(Cc2nc(C(=O)O)co2)C1. The molecule has 7 nitrogen and oxygen atoms in total. The molecule has 2 N–H and O–H groups in total. The molecule has 1 aromatic heterocycles. The molecular formula is C13H18N2O5. The van der Waals surface area contributed by atoms with Crippen LogP contribution in [0.3, 0.4) is 0 Å². The Labute approximate surface area is 116 Å². The zero-order valence-electron chi connectivity index (χ0n) is 11.1. The van der Waals surface area contributed by atoms with Gasteiger partial charge < -0.3 is 14.6 Å². The molecule has 0 aliphatic carbocycles. The lowest BCUT2D eigenvalue weighted by molar-refractivity contribution is -0.137. The molecule has 1 fully saturated rings. The lowest BCUT2D eigenvalue weighted by Gasteiger charge is -2.31. The van der Waals surface area contributed by atoms with E-state index in [1.807, 2.05) is 0 Å². The molecule has 0 aromatic carbocycles. The van der Waals surface area contributed by atoms with Crippen LogP contribution < -0.4 is 0 Å². The molecule has 0 saturated carbocycles. The second-order valence-corrected chi connectivity index (χ2v) is 5.11. The molecule has 1 atom stereocenters. The molecule has 2 rings (SSSR count). The first kappa shape index (κ1) is 14.5. The van der Waals surface area contributed by atoms with E-state index in [-0.39, 0.29) is 12.1 Å². The number of hydrogen-bond donors (Lipinski definition) is 2. The van der Waals surface area contributed by atoms with E-state index in [4.69, 9.17) is 14.6 Å². The van der Waals surface area contributed by atoms with Gasteiger partial charge >= 0.3 is 11.9 Å². The number of carboxylic acid groups (broad SMARTS) is 2. The summed E-state index contributed by atoms with van der Waals surface area (Å²) in [6.07, 6.45) is 4.06. The number of carbonyl (C=O) groups is 2. The van der Waals surface area contributed by atoms with Gasteiger partial charge in [0, 0.05) is 13.0 Å². The van der Waals surface area contributed by atoms with Crippen LogP contribution in [0.5, 0.6) is 0 Å². The second kappa shape index (κ2) is 6.51. The van der Waals surface area contributed by atoms with Gasteiger partial charge in [-0.15, -0.1) is 0 Å². The molecule has 110 valence electrons. The maximum atomic E-state index is 10.7. The normalized spacial score (nSPS) is 19.9. The van der Waals surface area contributed by atoms with Crippen molar-refractivity contribution in [1.29, 1.82) is 0 Å². The lowest BCUT2D eigenvalue weighted by atomic mass is 9.93. The predicted molar refractivity (Wildman–Crippen MR) is 68.3 cm³/mol. The summed E-state index contributed by atoms with van der Waals surface area (Å²) >= 11 is 0. The number of nitrogens with zero attached hydrogens (tertiary/aromatic N) is 2. The number of aromatic carboxylic acids is 1. The first-order valence-electron chi connectivity index (χ1n) is 6.66. The minimum absolute atomic E-state index is 0.0839. The molecular weight excluding hydrogens is 264 g/mol. The lowest BCUT2D eigenvalue weighted by Crippen LogP contribution is -2.35. The molecule has 1 aliphatic rings. The molecule has 20 heavy (non-hydrogen) atoms. The number of oxazole rings is 1. The van der Waals surface area contributed by atoms with Crippen LogP contribution in [0.25, 0.3) is 0 Å². The Balaban J connectivity index is 1.85. The van der Waals surface area contributed by atoms with Crippen molar-refractivity contribution in [3.63, 3.8) is 0 Å². The molecule has 0 spiro atoms. The Morgan fingerprint density at radius 1 is 1.45 bits per heavy atom. The maximum Gasteiger partial charge on any atom is 0.357 e. The Hall–Kier alpha value is -1.89. The van der Waals surface area contributed by atoms with Gasteiger partial charge in [-0.25, -0.2) is 9.78 Å². The number of piperidine rings is 1. The number of hydrogen-bond acceptors (Lipinski definition) is 5. The number of aromatic nitrogens is 1. The monoisotopic (exact) mass is 282 g/mol. The van der Waals surface area contributed by atoms with Gasteiger partial charge in [-0.05, 0) is 31.7 Å². The minimum Gasteiger partial charge on any atom is -0.481 e. The number of rotatable bonds is 6. The molecule has 1 aromatic rings. The van der Waals surface area contributed by atoms with Crippen molar-refractivity contribution < 1.29 is 24.2 Å². The van der Waals surface area contributed by atoms with Crippen LogP contribution >= 0.6 is 0 Å². The zero-order chi connectivity index (χ0) is 14.5. The van der Waals surface area contributed by atoms with Crippen molar-refractivity contribution in [2.75, 3.05) is 13.1 Å². The third-order valence-electron chi connectivity index (χ3n) is 3.50. The summed E-state index contributed by atoms with van der Waals surface area (Å²) in [6, 6.07) is 0. The average Bonchev–Trinajstić information content (AvgIpc) is 2.85. The highest BCUT2D eigenvalue weighted by Gasteiger charge is 2.22. The van der Waals surface area contributed by atoms with Gasteiger partial charge in [0.15, 0.2) is 5.69 Å². The van der Waals surface area contributed by atoms with Crippen molar-refractivity contribution in [2.45, 2.75) is 32.2 Å². The molecule has 2 heterocycles. The highest BCUT2D eigenvalue weighted by molar-refractivity contribution is 5.84. The van der Waals surface area contributed by atoms with Crippen LogP contribution in [-0.4, -0.2) is 45.1 Å². The van der Waals surface area contributed by atoms with E-state index in [1.165, 1.54) is 0 Å². The minimum atomic E-state index is -1.10. The first-order chi connectivity index (χ1) is 9.54. The molecule has 0 unspecified atom stereocenters. The highest BCUT2D eigenvalue weighted by Crippen LogP contribution is 2.22. The molecule has 7 heteroatoms. The standard InChI is InChI=1S/C13H18N2O5/c16-12(17)4-3-9-2-1-5-15(6-9)7-11-14-10(8-20-11)13(18)19/h8-9H,1-7H2,(H,16,17)(H,18,19)/t9-/m1/s1. The van der Waals surface area contributed by atoms with E-state index < -0.39 is 11.9 Å². The van der Waals surface area contributed by atoms with E-state index in [2.05, 4.69) is 9.88 Å². The predicted octanol–water partition coefficient (Wildman–Crippen LogP) is 1.45. The van der Waals surface area contributed by atoms with Crippen LogP contribution in [0, 0.1) is 5.92 Å². The van der Waals surface area contributed by atoms with Crippen molar-refractivity contribution >= 4 is 11.9 Å². The fourth-order valence-corrected chi connectivity index (χ4v) is 2.53. The number of likely N-dealkylation sites (tertiary alicyclic amines) is 1. The van der Waals surface area contributed by atoms with Crippen LogP contribution in [-0.2, 0) is 11.3 Å². The third kappa shape index (κ3) is 4.06. The van der Waals surface area contributed by atoms with E-state index in [1.54, 1.807) is 0 Å². The molecule has 1 aliphatic heterocycles. The average molecular weight is 282 g/mol. The van der Waals surface area contributed by atoms with Gasteiger partial charge in [-0.3, -0.25) is 9.69 Å². The van der Waals surface area contributed by atoms with E-state index >= 15 is 0 Å². The van der Waals surface area contributed by atoms with Gasteiger partial charge in [0.1, 0.15) is 6.26 Å².